The van der Waals surface area contributed by atoms with Gasteiger partial charge in [-0.2, -0.15) is 0 Å². The monoisotopic (exact) mass is 379 g/mol. The fraction of sp³-hybridized carbons (Fsp3) is 0.353. The Hall–Kier alpha value is -1.82. The van der Waals surface area contributed by atoms with Gasteiger partial charge in [0.05, 0.1) is 6.04 Å². The van der Waals surface area contributed by atoms with Crippen LogP contribution >= 0.6 is 15.9 Å². The molecule has 2 amide bonds. The van der Waals surface area contributed by atoms with Crippen LogP contribution in [-0.4, -0.2) is 33.9 Å². The number of amides is 2. The summed E-state index contributed by atoms with van der Waals surface area (Å²) >= 11 is 3.36. The number of halogens is 2. The van der Waals surface area contributed by atoms with E-state index in [2.05, 4.69) is 25.8 Å². The fourth-order valence-electron chi connectivity index (χ4n) is 2.96. The van der Waals surface area contributed by atoms with Gasteiger partial charge in [0.15, 0.2) is 0 Å². The second kappa shape index (κ2) is 7.17. The van der Waals surface area contributed by atoms with Crippen molar-refractivity contribution in [2.45, 2.75) is 19.0 Å². The van der Waals surface area contributed by atoms with E-state index in [0.717, 1.165) is 29.6 Å². The van der Waals surface area contributed by atoms with Crippen LogP contribution in [0.2, 0.25) is 0 Å². The molecule has 0 unspecified atom stereocenters. The number of carbonyl (C=O) groups is 1. The quantitative estimate of drug-likeness (QED) is 0.640. The number of alkyl halides is 1. The molecule has 0 bridgehead atoms. The molecule has 1 N–H and O–H groups in total. The van der Waals surface area contributed by atoms with Crippen molar-refractivity contribution in [3.05, 3.63) is 59.7 Å². The Labute approximate surface area is 143 Å². The molecule has 1 aromatic heterocycles. The maximum absolute atomic E-state index is 13.2. The van der Waals surface area contributed by atoms with E-state index >= 15 is 0 Å². The summed E-state index contributed by atoms with van der Waals surface area (Å²) in [5, 5.41) is 3.82. The summed E-state index contributed by atoms with van der Waals surface area (Å²) in [5.41, 5.74) is 1.97. The number of benzene rings is 1. The highest BCUT2D eigenvalue weighted by molar-refractivity contribution is 9.09. The van der Waals surface area contributed by atoms with Crippen LogP contribution in [0.1, 0.15) is 23.7 Å². The van der Waals surface area contributed by atoms with Crippen LogP contribution in [0.15, 0.2) is 42.6 Å². The van der Waals surface area contributed by atoms with Crippen molar-refractivity contribution in [3.63, 3.8) is 0 Å². The van der Waals surface area contributed by atoms with Crippen molar-refractivity contribution < 1.29 is 9.18 Å². The first kappa shape index (κ1) is 16.1. The Morgan fingerprint density at radius 1 is 1.26 bits per heavy atom. The first-order valence-electron chi connectivity index (χ1n) is 7.71. The normalized spacial score (nSPS) is 17.0. The van der Waals surface area contributed by atoms with Gasteiger partial charge < -0.3 is 14.8 Å². The number of carbonyl (C=O) groups excluding carboxylic acids is 1. The second-order valence-corrected chi connectivity index (χ2v) is 6.34. The van der Waals surface area contributed by atoms with E-state index in [1.54, 1.807) is 12.1 Å². The van der Waals surface area contributed by atoms with E-state index in [0.29, 0.717) is 13.1 Å². The lowest BCUT2D eigenvalue weighted by Gasteiger charge is -2.37. The highest BCUT2D eigenvalue weighted by Gasteiger charge is 2.31. The van der Waals surface area contributed by atoms with E-state index in [1.165, 1.54) is 12.1 Å². The summed E-state index contributed by atoms with van der Waals surface area (Å²) in [6.45, 7) is 2.04. The molecule has 0 saturated carbocycles. The molecule has 0 aliphatic carbocycles. The van der Waals surface area contributed by atoms with E-state index in [9.17, 15) is 9.18 Å². The van der Waals surface area contributed by atoms with Crippen LogP contribution in [0, 0.1) is 5.82 Å². The molecule has 0 radical (unpaired) electrons. The van der Waals surface area contributed by atoms with Crippen LogP contribution < -0.4 is 5.32 Å². The second-order valence-electron chi connectivity index (χ2n) is 5.55. The molecule has 0 saturated heterocycles. The number of urea groups is 1. The molecule has 0 spiro atoms. The van der Waals surface area contributed by atoms with Gasteiger partial charge in [0.25, 0.3) is 0 Å². The van der Waals surface area contributed by atoms with Gasteiger partial charge in [-0.1, -0.05) is 28.1 Å². The Bertz CT molecular complexity index is 671. The van der Waals surface area contributed by atoms with Crippen LogP contribution in [0.4, 0.5) is 9.18 Å². The van der Waals surface area contributed by atoms with Crippen LogP contribution in [0.5, 0.6) is 0 Å². The van der Waals surface area contributed by atoms with Crippen molar-refractivity contribution in [1.29, 1.82) is 0 Å². The highest BCUT2D eigenvalue weighted by atomic mass is 79.9. The zero-order chi connectivity index (χ0) is 16.2. The zero-order valence-electron chi connectivity index (χ0n) is 12.7. The summed E-state index contributed by atoms with van der Waals surface area (Å²) in [6.07, 6.45) is 2.91. The molecule has 4 nitrogen and oxygen atoms in total. The topological polar surface area (TPSA) is 37.3 Å². The van der Waals surface area contributed by atoms with Crippen molar-refractivity contribution in [2.75, 3.05) is 18.4 Å². The molecule has 3 rings (SSSR count). The van der Waals surface area contributed by atoms with Gasteiger partial charge >= 0.3 is 6.03 Å². The molecule has 1 aromatic carbocycles. The van der Waals surface area contributed by atoms with Gasteiger partial charge in [-0.15, -0.1) is 0 Å². The smallest absolute Gasteiger partial charge is 0.318 e. The Kier molecular flexibility index (Phi) is 5.00. The lowest BCUT2D eigenvalue weighted by molar-refractivity contribution is 0.169. The third-order valence-corrected chi connectivity index (χ3v) is 4.63. The first-order valence-corrected chi connectivity index (χ1v) is 8.84. The molecular formula is C17H19BrFN3O. The van der Waals surface area contributed by atoms with Gasteiger partial charge in [-0.3, -0.25) is 0 Å². The van der Waals surface area contributed by atoms with Crippen molar-refractivity contribution in [1.82, 2.24) is 14.8 Å². The van der Waals surface area contributed by atoms with Gasteiger partial charge in [0.1, 0.15) is 5.82 Å². The first-order chi connectivity index (χ1) is 11.2. The lowest BCUT2D eigenvalue weighted by atomic mass is 10.0. The minimum Gasteiger partial charge on any atom is -0.348 e. The molecule has 1 atom stereocenters. The molecule has 2 aromatic rings. The van der Waals surface area contributed by atoms with E-state index in [1.807, 2.05) is 23.2 Å². The van der Waals surface area contributed by atoms with Crippen molar-refractivity contribution >= 4 is 22.0 Å². The molecule has 1 aliphatic rings. The predicted molar refractivity (Wildman–Crippen MR) is 91.2 cm³/mol. The Balaban J connectivity index is 1.89. The van der Waals surface area contributed by atoms with Gasteiger partial charge in [-0.25, -0.2) is 9.18 Å². The largest absolute Gasteiger partial charge is 0.348 e. The summed E-state index contributed by atoms with van der Waals surface area (Å²) in [6, 6.07) is 10.1. The fourth-order valence-corrected chi connectivity index (χ4v) is 3.24. The molecule has 6 heteroatoms. The number of rotatable bonds is 4. The number of nitrogens with zero attached hydrogens (tertiary/aromatic N) is 2. The molecule has 2 heterocycles. The molecule has 0 fully saturated rings. The Morgan fingerprint density at radius 3 is 2.78 bits per heavy atom. The minimum atomic E-state index is -0.270. The van der Waals surface area contributed by atoms with Crippen LogP contribution in [-0.2, 0) is 6.54 Å². The summed E-state index contributed by atoms with van der Waals surface area (Å²) in [5.74, 6) is -0.270. The van der Waals surface area contributed by atoms with E-state index < -0.39 is 0 Å². The number of hydrogen-bond donors (Lipinski definition) is 1. The summed E-state index contributed by atoms with van der Waals surface area (Å²) in [4.78, 5) is 14.4. The molecular weight excluding hydrogens is 361 g/mol. The SMILES string of the molecule is O=C(NCCCBr)N1CCn2cccc2[C@@H]1c1ccc(F)cc1. The average Bonchev–Trinajstić information content (AvgIpc) is 3.03. The zero-order valence-corrected chi connectivity index (χ0v) is 14.3. The standard InChI is InChI=1S/C17H19BrFN3O/c18-8-2-9-20-17(23)22-12-11-21-10-1-3-15(21)16(22)13-4-6-14(19)7-5-13/h1,3-7,10,16H,2,8-9,11-12H2,(H,20,23)/t16-/m0/s1. The van der Waals surface area contributed by atoms with Gasteiger partial charge in [-0.05, 0) is 36.2 Å². The molecule has 23 heavy (non-hydrogen) atoms. The van der Waals surface area contributed by atoms with Gasteiger partial charge in [0, 0.05) is 36.9 Å². The number of hydrogen-bond acceptors (Lipinski definition) is 1. The Morgan fingerprint density at radius 2 is 2.04 bits per heavy atom. The van der Waals surface area contributed by atoms with E-state index in [-0.39, 0.29) is 17.9 Å². The van der Waals surface area contributed by atoms with E-state index in [4.69, 9.17) is 0 Å². The highest BCUT2D eigenvalue weighted by Crippen LogP contribution is 2.32. The third-order valence-electron chi connectivity index (χ3n) is 4.07. The molecule has 122 valence electrons. The lowest BCUT2D eigenvalue weighted by Crippen LogP contribution is -2.47. The third kappa shape index (κ3) is 3.42. The average molecular weight is 380 g/mol. The number of aromatic nitrogens is 1. The van der Waals surface area contributed by atoms with Crippen LogP contribution in [0.3, 0.4) is 0 Å². The molecule has 1 aliphatic heterocycles. The van der Waals surface area contributed by atoms with Crippen molar-refractivity contribution in [3.8, 4) is 0 Å². The van der Waals surface area contributed by atoms with Crippen molar-refractivity contribution in [2.24, 2.45) is 0 Å². The van der Waals surface area contributed by atoms with Crippen LogP contribution in [0.25, 0.3) is 0 Å². The number of fused-ring (bicyclic) bond motifs is 1. The summed E-state index contributed by atoms with van der Waals surface area (Å²) in [7, 11) is 0. The maximum atomic E-state index is 13.2. The predicted octanol–water partition coefficient (Wildman–Crippen LogP) is 3.53. The maximum Gasteiger partial charge on any atom is 0.318 e. The van der Waals surface area contributed by atoms with Gasteiger partial charge in [0.2, 0.25) is 0 Å². The summed E-state index contributed by atoms with van der Waals surface area (Å²) < 4.78 is 15.4. The minimum absolute atomic E-state index is 0.0762. The number of nitrogens with one attached hydrogen (secondary N) is 1.